The summed E-state index contributed by atoms with van der Waals surface area (Å²) >= 11 is 0. The van der Waals surface area contributed by atoms with Gasteiger partial charge in [-0.15, -0.1) is 5.10 Å². The molecule has 2 aliphatic rings. The standard InChI is InChI=1S/C10H16N4O/c11-10-12-6-14(13-10)4-7-1-2-9-3-8(7)5-15-9/h6-9H,1-5H2,(H2,11,13). The zero-order valence-corrected chi connectivity index (χ0v) is 8.67. The molecule has 82 valence electrons. The van der Waals surface area contributed by atoms with Crippen molar-refractivity contribution in [2.24, 2.45) is 11.8 Å². The van der Waals surface area contributed by atoms with Crippen LogP contribution in [0.3, 0.4) is 0 Å². The van der Waals surface area contributed by atoms with E-state index >= 15 is 0 Å². The summed E-state index contributed by atoms with van der Waals surface area (Å²) in [4.78, 5) is 3.94. The molecule has 1 aliphatic carbocycles. The van der Waals surface area contributed by atoms with Gasteiger partial charge in [-0.25, -0.2) is 4.98 Å². The van der Waals surface area contributed by atoms with Crippen LogP contribution in [0.15, 0.2) is 6.33 Å². The Balaban J connectivity index is 1.67. The Morgan fingerprint density at radius 2 is 2.47 bits per heavy atom. The van der Waals surface area contributed by atoms with Crippen molar-refractivity contribution < 1.29 is 4.74 Å². The molecule has 0 amide bonds. The van der Waals surface area contributed by atoms with Crippen molar-refractivity contribution in [1.82, 2.24) is 14.8 Å². The zero-order valence-electron chi connectivity index (χ0n) is 8.67. The normalized spacial score (nSPS) is 34.5. The number of nitrogen functional groups attached to an aromatic ring is 1. The smallest absolute Gasteiger partial charge is 0.239 e. The summed E-state index contributed by atoms with van der Waals surface area (Å²) in [5.74, 6) is 1.77. The zero-order chi connectivity index (χ0) is 10.3. The Morgan fingerprint density at radius 3 is 3.27 bits per heavy atom. The SMILES string of the molecule is Nc1ncn(CC2CCC3CC2CO3)n1. The van der Waals surface area contributed by atoms with E-state index in [0.717, 1.165) is 13.2 Å². The summed E-state index contributed by atoms with van der Waals surface area (Å²) in [5, 5.41) is 4.13. The van der Waals surface area contributed by atoms with E-state index < -0.39 is 0 Å². The van der Waals surface area contributed by atoms with Crippen LogP contribution in [0.4, 0.5) is 5.95 Å². The lowest BCUT2D eigenvalue weighted by Crippen LogP contribution is -2.25. The Kier molecular flexibility index (Phi) is 2.12. The molecule has 1 aromatic rings. The van der Waals surface area contributed by atoms with E-state index in [1.807, 2.05) is 4.68 Å². The van der Waals surface area contributed by atoms with Crippen LogP contribution in [-0.4, -0.2) is 27.5 Å². The third-order valence-corrected chi connectivity index (χ3v) is 3.61. The lowest BCUT2D eigenvalue weighted by atomic mass is 9.80. The van der Waals surface area contributed by atoms with Crippen LogP contribution < -0.4 is 5.73 Å². The molecule has 3 rings (SSSR count). The predicted octanol–water partition coefficient (Wildman–Crippen LogP) is 0.675. The minimum absolute atomic E-state index is 0.367. The van der Waals surface area contributed by atoms with E-state index in [1.54, 1.807) is 6.33 Å². The molecule has 0 spiro atoms. The van der Waals surface area contributed by atoms with Crippen LogP contribution in [0, 0.1) is 11.8 Å². The average Bonchev–Trinajstić information content (AvgIpc) is 2.79. The van der Waals surface area contributed by atoms with Crippen molar-refractivity contribution in [3.63, 3.8) is 0 Å². The number of rotatable bonds is 2. The van der Waals surface area contributed by atoms with Crippen LogP contribution in [0.25, 0.3) is 0 Å². The van der Waals surface area contributed by atoms with Crippen molar-refractivity contribution in [3.05, 3.63) is 6.33 Å². The van der Waals surface area contributed by atoms with Gasteiger partial charge in [0.05, 0.1) is 12.7 Å². The highest BCUT2D eigenvalue weighted by Crippen LogP contribution is 2.38. The van der Waals surface area contributed by atoms with Crippen LogP contribution in [0.5, 0.6) is 0 Å². The topological polar surface area (TPSA) is 66.0 Å². The molecule has 1 aliphatic heterocycles. The largest absolute Gasteiger partial charge is 0.378 e. The second kappa shape index (κ2) is 3.48. The number of ether oxygens (including phenoxy) is 1. The molecule has 1 aromatic heterocycles. The molecule has 1 saturated carbocycles. The van der Waals surface area contributed by atoms with Crippen molar-refractivity contribution in [1.29, 1.82) is 0 Å². The van der Waals surface area contributed by atoms with E-state index in [2.05, 4.69) is 10.1 Å². The van der Waals surface area contributed by atoms with Gasteiger partial charge in [0.15, 0.2) is 0 Å². The number of hydrogen-bond donors (Lipinski definition) is 1. The first-order chi connectivity index (χ1) is 7.31. The molecule has 5 heteroatoms. The number of nitrogens with zero attached hydrogens (tertiary/aromatic N) is 3. The Hall–Kier alpha value is -1.10. The Morgan fingerprint density at radius 1 is 1.53 bits per heavy atom. The monoisotopic (exact) mass is 208 g/mol. The lowest BCUT2D eigenvalue weighted by Gasteiger charge is -2.26. The van der Waals surface area contributed by atoms with Gasteiger partial charge in [0, 0.05) is 6.54 Å². The molecule has 2 heterocycles. The van der Waals surface area contributed by atoms with Crippen LogP contribution in [0.2, 0.25) is 0 Å². The fourth-order valence-electron chi connectivity index (χ4n) is 2.78. The predicted molar refractivity (Wildman–Crippen MR) is 55.0 cm³/mol. The van der Waals surface area contributed by atoms with Crippen molar-refractivity contribution >= 4 is 5.95 Å². The van der Waals surface area contributed by atoms with Gasteiger partial charge in [0.1, 0.15) is 6.33 Å². The second-order valence-corrected chi connectivity index (χ2v) is 4.61. The average molecular weight is 208 g/mol. The van der Waals surface area contributed by atoms with Gasteiger partial charge in [-0.2, -0.15) is 0 Å². The number of fused-ring (bicyclic) bond motifs is 2. The number of aromatic nitrogens is 3. The molecule has 2 N–H and O–H groups in total. The number of hydrogen-bond acceptors (Lipinski definition) is 4. The van der Waals surface area contributed by atoms with Gasteiger partial charge >= 0.3 is 0 Å². The Bertz CT molecular complexity index is 351. The second-order valence-electron chi connectivity index (χ2n) is 4.61. The van der Waals surface area contributed by atoms with Gasteiger partial charge < -0.3 is 10.5 Å². The molecule has 3 unspecified atom stereocenters. The lowest BCUT2D eigenvalue weighted by molar-refractivity contribution is 0.107. The molecule has 2 bridgehead atoms. The Labute approximate surface area is 88.6 Å². The molecule has 2 fully saturated rings. The minimum atomic E-state index is 0.367. The molecule has 0 aromatic carbocycles. The maximum Gasteiger partial charge on any atom is 0.239 e. The molecule has 3 atom stereocenters. The van der Waals surface area contributed by atoms with E-state index in [1.165, 1.54) is 19.3 Å². The molecule has 5 nitrogen and oxygen atoms in total. The molecule has 1 saturated heterocycles. The van der Waals surface area contributed by atoms with E-state index in [0.29, 0.717) is 23.9 Å². The van der Waals surface area contributed by atoms with E-state index in [-0.39, 0.29) is 0 Å². The highest BCUT2D eigenvalue weighted by atomic mass is 16.5. The van der Waals surface area contributed by atoms with Gasteiger partial charge in [-0.05, 0) is 31.1 Å². The molecule has 15 heavy (non-hydrogen) atoms. The van der Waals surface area contributed by atoms with Gasteiger partial charge in [-0.1, -0.05) is 0 Å². The fraction of sp³-hybridized carbons (Fsp3) is 0.800. The van der Waals surface area contributed by atoms with Crippen LogP contribution in [0.1, 0.15) is 19.3 Å². The number of anilines is 1. The summed E-state index contributed by atoms with van der Waals surface area (Å²) in [6.45, 7) is 1.87. The van der Waals surface area contributed by atoms with Gasteiger partial charge in [-0.3, -0.25) is 4.68 Å². The summed E-state index contributed by atoms with van der Waals surface area (Å²) in [7, 11) is 0. The van der Waals surface area contributed by atoms with E-state index in [9.17, 15) is 0 Å². The van der Waals surface area contributed by atoms with Crippen molar-refractivity contribution in [2.75, 3.05) is 12.3 Å². The van der Waals surface area contributed by atoms with Crippen LogP contribution in [-0.2, 0) is 11.3 Å². The van der Waals surface area contributed by atoms with Crippen LogP contribution >= 0.6 is 0 Å². The summed E-state index contributed by atoms with van der Waals surface area (Å²) < 4.78 is 7.54. The first-order valence-corrected chi connectivity index (χ1v) is 5.58. The first-order valence-electron chi connectivity index (χ1n) is 5.58. The minimum Gasteiger partial charge on any atom is -0.378 e. The highest BCUT2D eigenvalue weighted by molar-refractivity contribution is 5.09. The van der Waals surface area contributed by atoms with Crippen molar-refractivity contribution in [2.45, 2.75) is 31.9 Å². The molecule has 0 radical (unpaired) electrons. The summed E-state index contributed by atoms with van der Waals surface area (Å²) in [6, 6.07) is 0. The third kappa shape index (κ3) is 1.71. The quantitative estimate of drug-likeness (QED) is 0.776. The fourth-order valence-corrected chi connectivity index (χ4v) is 2.78. The summed E-state index contributed by atoms with van der Waals surface area (Å²) in [6.07, 6.45) is 5.93. The maximum absolute atomic E-state index is 5.68. The highest BCUT2D eigenvalue weighted by Gasteiger charge is 2.36. The maximum atomic E-state index is 5.68. The third-order valence-electron chi connectivity index (χ3n) is 3.61. The van der Waals surface area contributed by atoms with Crippen molar-refractivity contribution in [3.8, 4) is 0 Å². The molecular formula is C10H16N4O. The number of nitrogens with two attached hydrogens (primary N) is 1. The first kappa shape index (κ1) is 9.15. The van der Waals surface area contributed by atoms with E-state index in [4.69, 9.17) is 10.5 Å². The molecular weight excluding hydrogens is 192 g/mol. The van der Waals surface area contributed by atoms with Gasteiger partial charge in [0.25, 0.3) is 0 Å². The summed E-state index contributed by atoms with van der Waals surface area (Å²) in [5.41, 5.74) is 5.49. The van der Waals surface area contributed by atoms with Gasteiger partial charge in [0.2, 0.25) is 5.95 Å².